The Kier molecular flexibility index (Phi) is 6.50. The summed E-state index contributed by atoms with van der Waals surface area (Å²) in [4.78, 5) is 11.3. The number of carbonyl (C=O) groups is 1. The summed E-state index contributed by atoms with van der Waals surface area (Å²) in [7, 11) is 0. The van der Waals surface area contributed by atoms with E-state index in [9.17, 15) is 9.90 Å². The summed E-state index contributed by atoms with van der Waals surface area (Å²) < 4.78 is 5.65. The van der Waals surface area contributed by atoms with Gasteiger partial charge in [0, 0.05) is 0 Å². The van der Waals surface area contributed by atoms with Crippen molar-refractivity contribution < 1.29 is 14.6 Å². The first kappa shape index (κ1) is 16.6. The minimum absolute atomic E-state index is 0.566. The third-order valence-corrected chi connectivity index (χ3v) is 4.14. The number of benzene rings is 1. The molecule has 1 aromatic rings. The molecule has 0 bridgehead atoms. The molecule has 0 radical (unpaired) electrons. The molecule has 0 fully saturated rings. The second kappa shape index (κ2) is 8.62. The zero-order valence-corrected chi connectivity index (χ0v) is 13.4. The van der Waals surface area contributed by atoms with Crippen LogP contribution in [-0.4, -0.2) is 17.2 Å². The average Bonchev–Trinajstić information content (AvgIpc) is 2.55. The van der Waals surface area contributed by atoms with E-state index < -0.39 is 12.1 Å². The minimum atomic E-state index is -0.879. The van der Waals surface area contributed by atoms with Crippen LogP contribution >= 0.6 is 0 Å². The van der Waals surface area contributed by atoms with Crippen molar-refractivity contribution in [3.05, 3.63) is 35.9 Å². The standard InChI is InChI=1S/C19H26O3/c1-2-3-5-10-18(19(20)21)22-17-13-11-16(12-14-17)15-8-6-4-7-9-15/h8,11-14,18H,2-7,9-10H2,1H3,(H,20,21). The molecule has 0 aliphatic heterocycles. The van der Waals surface area contributed by atoms with E-state index in [0.29, 0.717) is 12.2 Å². The lowest BCUT2D eigenvalue weighted by Gasteiger charge is -2.16. The summed E-state index contributed by atoms with van der Waals surface area (Å²) in [5.41, 5.74) is 2.63. The lowest BCUT2D eigenvalue weighted by Crippen LogP contribution is -2.26. The highest BCUT2D eigenvalue weighted by Gasteiger charge is 2.18. The number of allylic oxidation sites excluding steroid dienone is 2. The number of carboxylic acids is 1. The zero-order chi connectivity index (χ0) is 15.8. The van der Waals surface area contributed by atoms with E-state index in [1.807, 2.05) is 24.3 Å². The maximum Gasteiger partial charge on any atom is 0.344 e. The molecule has 120 valence electrons. The molecule has 3 heteroatoms. The molecular weight excluding hydrogens is 276 g/mol. The number of carboxylic acid groups (broad SMARTS) is 1. The van der Waals surface area contributed by atoms with Crippen molar-refractivity contribution in [2.45, 2.75) is 64.4 Å². The molecule has 3 nitrogen and oxygen atoms in total. The average molecular weight is 302 g/mol. The van der Waals surface area contributed by atoms with Crippen LogP contribution in [0.5, 0.6) is 5.75 Å². The summed E-state index contributed by atoms with van der Waals surface area (Å²) in [5.74, 6) is -0.237. The van der Waals surface area contributed by atoms with Crippen molar-refractivity contribution in [1.82, 2.24) is 0 Å². The Morgan fingerprint density at radius 2 is 2.00 bits per heavy atom. The topological polar surface area (TPSA) is 46.5 Å². The van der Waals surface area contributed by atoms with Crippen molar-refractivity contribution in [2.24, 2.45) is 0 Å². The fourth-order valence-electron chi connectivity index (χ4n) is 2.82. The summed E-state index contributed by atoms with van der Waals surface area (Å²) in [6.45, 7) is 2.11. The molecule has 1 aliphatic rings. The van der Waals surface area contributed by atoms with Gasteiger partial charge in [-0.1, -0.05) is 38.0 Å². The van der Waals surface area contributed by atoms with Crippen molar-refractivity contribution in [3.63, 3.8) is 0 Å². The molecule has 22 heavy (non-hydrogen) atoms. The first-order valence-electron chi connectivity index (χ1n) is 8.39. The van der Waals surface area contributed by atoms with Gasteiger partial charge in [-0.3, -0.25) is 0 Å². The molecular formula is C19H26O3. The molecule has 1 unspecified atom stereocenters. The van der Waals surface area contributed by atoms with E-state index in [4.69, 9.17) is 4.74 Å². The van der Waals surface area contributed by atoms with Gasteiger partial charge in [0.2, 0.25) is 0 Å². The van der Waals surface area contributed by atoms with Crippen LogP contribution < -0.4 is 4.74 Å². The smallest absolute Gasteiger partial charge is 0.344 e. The van der Waals surface area contributed by atoms with Gasteiger partial charge < -0.3 is 9.84 Å². The number of rotatable bonds is 8. The Morgan fingerprint density at radius 1 is 1.23 bits per heavy atom. The van der Waals surface area contributed by atoms with Crippen molar-refractivity contribution in [1.29, 1.82) is 0 Å². The number of hydrogen-bond donors (Lipinski definition) is 1. The van der Waals surface area contributed by atoms with E-state index in [0.717, 1.165) is 32.1 Å². The molecule has 0 saturated heterocycles. The fraction of sp³-hybridized carbons (Fsp3) is 0.526. The highest BCUT2D eigenvalue weighted by atomic mass is 16.5. The zero-order valence-electron chi connectivity index (χ0n) is 13.4. The first-order valence-corrected chi connectivity index (χ1v) is 8.39. The Hall–Kier alpha value is -1.77. The largest absolute Gasteiger partial charge is 0.479 e. The highest BCUT2D eigenvalue weighted by molar-refractivity contribution is 5.73. The number of unbranched alkanes of at least 4 members (excludes halogenated alkanes) is 2. The fourth-order valence-corrected chi connectivity index (χ4v) is 2.82. The van der Waals surface area contributed by atoms with Crippen LogP contribution in [0.2, 0.25) is 0 Å². The molecule has 1 aliphatic carbocycles. The lowest BCUT2D eigenvalue weighted by atomic mass is 9.94. The third kappa shape index (κ3) is 4.90. The SMILES string of the molecule is CCCCCC(Oc1ccc(C2=CCCCC2)cc1)C(=O)O. The first-order chi connectivity index (χ1) is 10.7. The van der Waals surface area contributed by atoms with Crippen LogP contribution in [0, 0.1) is 0 Å². The summed E-state index contributed by atoms with van der Waals surface area (Å²) >= 11 is 0. The van der Waals surface area contributed by atoms with Gasteiger partial charge in [0.15, 0.2) is 6.10 Å². The Morgan fingerprint density at radius 3 is 2.59 bits per heavy atom. The van der Waals surface area contributed by atoms with E-state index in [1.54, 1.807) is 0 Å². The van der Waals surface area contributed by atoms with Crippen molar-refractivity contribution in [3.8, 4) is 5.75 Å². The van der Waals surface area contributed by atoms with E-state index >= 15 is 0 Å². The van der Waals surface area contributed by atoms with Crippen molar-refractivity contribution >= 4 is 11.5 Å². The molecule has 0 saturated carbocycles. The maximum absolute atomic E-state index is 11.3. The van der Waals surface area contributed by atoms with Crippen LogP contribution in [0.3, 0.4) is 0 Å². The number of aliphatic carboxylic acids is 1. The normalized spacial score (nSPS) is 16.0. The second-order valence-electron chi connectivity index (χ2n) is 5.94. The van der Waals surface area contributed by atoms with Gasteiger partial charge in [0.25, 0.3) is 0 Å². The van der Waals surface area contributed by atoms with Gasteiger partial charge in [0.05, 0.1) is 0 Å². The number of ether oxygens (including phenoxy) is 1. The van der Waals surface area contributed by atoms with Crippen LogP contribution in [-0.2, 0) is 4.79 Å². The molecule has 2 rings (SSSR count). The van der Waals surface area contributed by atoms with Gasteiger partial charge in [-0.2, -0.15) is 0 Å². The Bertz CT molecular complexity index is 502. The highest BCUT2D eigenvalue weighted by Crippen LogP contribution is 2.28. The van der Waals surface area contributed by atoms with Gasteiger partial charge in [-0.15, -0.1) is 0 Å². The van der Waals surface area contributed by atoms with Crippen LogP contribution in [0.15, 0.2) is 30.3 Å². The quantitative estimate of drug-likeness (QED) is 0.683. The van der Waals surface area contributed by atoms with Gasteiger partial charge in [-0.05, 0) is 61.8 Å². The van der Waals surface area contributed by atoms with Gasteiger partial charge >= 0.3 is 5.97 Å². The van der Waals surface area contributed by atoms with E-state index in [2.05, 4.69) is 13.0 Å². The molecule has 1 atom stereocenters. The van der Waals surface area contributed by atoms with E-state index in [-0.39, 0.29) is 0 Å². The summed E-state index contributed by atoms with van der Waals surface area (Å²) in [5, 5.41) is 9.26. The molecule has 0 heterocycles. The number of hydrogen-bond acceptors (Lipinski definition) is 2. The summed E-state index contributed by atoms with van der Waals surface area (Å²) in [6, 6.07) is 7.86. The third-order valence-electron chi connectivity index (χ3n) is 4.14. The molecule has 1 aromatic carbocycles. The monoisotopic (exact) mass is 302 g/mol. The summed E-state index contributed by atoms with van der Waals surface area (Å²) in [6.07, 6.45) is 9.97. The minimum Gasteiger partial charge on any atom is -0.479 e. The van der Waals surface area contributed by atoms with Crippen molar-refractivity contribution in [2.75, 3.05) is 0 Å². The predicted octanol–water partition coefficient (Wildman–Crippen LogP) is 5.06. The predicted molar refractivity (Wildman–Crippen MR) is 89.1 cm³/mol. The van der Waals surface area contributed by atoms with Gasteiger partial charge in [-0.25, -0.2) is 4.79 Å². The second-order valence-corrected chi connectivity index (χ2v) is 5.94. The molecule has 0 amide bonds. The Labute approximate surface area is 133 Å². The lowest BCUT2D eigenvalue weighted by molar-refractivity contribution is -0.145. The van der Waals surface area contributed by atoms with Crippen LogP contribution in [0.25, 0.3) is 5.57 Å². The molecule has 0 spiro atoms. The van der Waals surface area contributed by atoms with E-state index in [1.165, 1.54) is 24.0 Å². The maximum atomic E-state index is 11.3. The molecule has 0 aromatic heterocycles. The van der Waals surface area contributed by atoms with Crippen LogP contribution in [0.4, 0.5) is 0 Å². The molecule has 1 N–H and O–H groups in total. The Balaban J connectivity index is 1.96. The van der Waals surface area contributed by atoms with Crippen LogP contribution in [0.1, 0.15) is 63.9 Å². The van der Waals surface area contributed by atoms with Gasteiger partial charge in [0.1, 0.15) is 5.75 Å².